The molecule has 2 aromatic carbocycles. The van der Waals surface area contributed by atoms with Crippen LogP contribution in [0.5, 0.6) is 0 Å². The van der Waals surface area contributed by atoms with Gasteiger partial charge < -0.3 is 5.32 Å². The van der Waals surface area contributed by atoms with Crippen molar-refractivity contribution in [3.05, 3.63) is 61.6 Å². The van der Waals surface area contributed by atoms with Gasteiger partial charge in [0.25, 0.3) is 0 Å². The van der Waals surface area contributed by atoms with Gasteiger partial charge in [-0.2, -0.15) is 5.26 Å². The first kappa shape index (κ1) is 13.4. The summed E-state index contributed by atoms with van der Waals surface area (Å²) in [5.41, 5.74) is 2.70. The predicted molar refractivity (Wildman–Crippen MR) is 85.3 cm³/mol. The van der Waals surface area contributed by atoms with Crippen LogP contribution in [0.4, 0.5) is 5.69 Å². The largest absolute Gasteiger partial charge is 0.380 e. The van der Waals surface area contributed by atoms with Crippen LogP contribution in [0.1, 0.15) is 11.1 Å². The van der Waals surface area contributed by atoms with E-state index in [0.29, 0.717) is 12.1 Å². The van der Waals surface area contributed by atoms with E-state index in [9.17, 15) is 0 Å². The number of rotatable bonds is 3. The highest BCUT2D eigenvalue weighted by atomic mass is 127. The van der Waals surface area contributed by atoms with E-state index < -0.39 is 0 Å². The molecular formula is C14H10BrIN2. The zero-order valence-corrected chi connectivity index (χ0v) is 13.2. The zero-order valence-electron chi connectivity index (χ0n) is 9.45. The van der Waals surface area contributed by atoms with E-state index in [-0.39, 0.29) is 0 Å². The van der Waals surface area contributed by atoms with Crippen molar-refractivity contribution >= 4 is 44.2 Å². The molecule has 2 aromatic rings. The molecule has 0 aliphatic rings. The van der Waals surface area contributed by atoms with Gasteiger partial charge in [-0.25, -0.2) is 0 Å². The molecule has 0 heterocycles. The molecule has 0 aromatic heterocycles. The van der Waals surface area contributed by atoms with Gasteiger partial charge in [0.15, 0.2) is 0 Å². The molecule has 0 atom stereocenters. The minimum atomic E-state index is 0.656. The lowest BCUT2D eigenvalue weighted by Crippen LogP contribution is -2.01. The van der Waals surface area contributed by atoms with Crippen LogP contribution >= 0.6 is 38.5 Å². The molecule has 0 saturated heterocycles. The highest BCUT2D eigenvalue weighted by Gasteiger charge is 2.02. The fourth-order valence-electron chi connectivity index (χ4n) is 1.56. The van der Waals surface area contributed by atoms with E-state index in [1.165, 1.54) is 9.13 Å². The van der Waals surface area contributed by atoms with Gasteiger partial charge in [0.05, 0.1) is 11.3 Å². The SMILES string of the molecule is N#Cc1ccc(Br)cc1NCc1ccc(I)cc1. The van der Waals surface area contributed by atoms with Crippen LogP contribution in [-0.2, 0) is 6.54 Å². The van der Waals surface area contributed by atoms with E-state index in [1.54, 1.807) is 6.07 Å². The summed E-state index contributed by atoms with van der Waals surface area (Å²) >= 11 is 5.69. The van der Waals surface area contributed by atoms with Gasteiger partial charge in [-0.3, -0.25) is 0 Å². The molecular weight excluding hydrogens is 403 g/mol. The van der Waals surface area contributed by atoms with Crippen molar-refractivity contribution in [1.82, 2.24) is 0 Å². The normalized spacial score (nSPS) is 9.83. The molecule has 0 unspecified atom stereocenters. The van der Waals surface area contributed by atoms with E-state index in [0.717, 1.165) is 10.2 Å². The maximum absolute atomic E-state index is 9.04. The Morgan fingerprint density at radius 3 is 2.56 bits per heavy atom. The lowest BCUT2D eigenvalue weighted by atomic mass is 10.1. The Balaban J connectivity index is 2.13. The van der Waals surface area contributed by atoms with Gasteiger partial charge in [-0.1, -0.05) is 28.1 Å². The van der Waals surface area contributed by atoms with Crippen LogP contribution in [0.15, 0.2) is 46.9 Å². The molecule has 0 saturated carbocycles. The van der Waals surface area contributed by atoms with Crippen molar-refractivity contribution in [2.45, 2.75) is 6.54 Å². The molecule has 18 heavy (non-hydrogen) atoms. The molecule has 2 rings (SSSR count). The highest BCUT2D eigenvalue weighted by Crippen LogP contribution is 2.21. The van der Waals surface area contributed by atoms with Crippen molar-refractivity contribution in [1.29, 1.82) is 5.26 Å². The lowest BCUT2D eigenvalue weighted by Gasteiger charge is -2.09. The van der Waals surface area contributed by atoms with Crippen LogP contribution in [0.25, 0.3) is 0 Å². The van der Waals surface area contributed by atoms with Crippen molar-refractivity contribution in [3.63, 3.8) is 0 Å². The first-order valence-electron chi connectivity index (χ1n) is 5.37. The van der Waals surface area contributed by atoms with Gasteiger partial charge in [-0.15, -0.1) is 0 Å². The summed E-state index contributed by atoms with van der Waals surface area (Å²) in [5, 5.41) is 12.3. The van der Waals surface area contributed by atoms with E-state index in [2.05, 4.69) is 74.2 Å². The molecule has 0 bridgehead atoms. The van der Waals surface area contributed by atoms with Crippen molar-refractivity contribution in [3.8, 4) is 6.07 Å². The maximum Gasteiger partial charge on any atom is 0.101 e. The average Bonchev–Trinajstić information content (AvgIpc) is 2.38. The summed E-state index contributed by atoms with van der Waals surface area (Å²) in [6.45, 7) is 0.710. The third-order valence-corrected chi connectivity index (χ3v) is 3.71. The number of benzene rings is 2. The molecule has 0 amide bonds. The molecule has 0 spiro atoms. The van der Waals surface area contributed by atoms with E-state index >= 15 is 0 Å². The Kier molecular flexibility index (Phi) is 4.61. The highest BCUT2D eigenvalue weighted by molar-refractivity contribution is 14.1. The molecule has 0 aliphatic carbocycles. The molecule has 0 radical (unpaired) electrons. The fraction of sp³-hybridized carbons (Fsp3) is 0.0714. The first-order chi connectivity index (χ1) is 8.69. The molecule has 0 fully saturated rings. The standard InChI is InChI=1S/C14H10BrIN2/c15-12-4-3-11(8-17)14(7-12)18-9-10-1-5-13(16)6-2-10/h1-7,18H,9H2. The van der Waals surface area contributed by atoms with Gasteiger partial charge in [-0.05, 0) is 58.5 Å². The molecule has 4 heteroatoms. The molecule has 0 aliphatic heterocycles. The van der Waals surface area contributed by atoms with Crippen LogP contribution in [-0.4, -0.2) is 0 Å². The van der Waals surface area contributed by atoms with Gasteiger partial charge >= 0.3 is 0 Å². The molecule has 1 N–H and O–H groups in total. The molecule has 2 nitrogen and oxygen atoms in total. The minimum absolute atomic E-state index is 0.656. The van der Waals surface area contributed by atoms with Crippen molar-refractivity contribution in [2.75, 3.05) is 5.32 Å². The predicted octanol–water partition coefficient (Wildman–Crippen LogP) is 4.54. The Hall–Kier alpha value is -1.06. The smallest absolute Gasteiger partial charge is 0.101 e. The Bertz CT molecular complexity index is 588. The molecule has 90 valence electrons. The van der Waals surface area contributed by atoms with Crippen LogP contribution in [0, 0.1) is 14.9 Å². The Labute approximate surface area is 128 Å². The number of nitriles is 1. The third-order valence-electron chi connectivity index (χ3n) is 2.50. The second-order valence-corrected chi connectivity index (χ2v) is 5.94. The average molecular weight is 413 g/mol. The summed E-state index contributed by atoms with van der Waals surface area (Å²) in [6, 6.07) is 16.1. The second kappa shape index (κ2) is 6.21. The van der Waals surface area contributed by atoms with Crippen LogP contribution in [0.2, 0.25) is 0 Å². The monoisotopic (exact) mass is 412 g/mol. The van der Waals surface area contributed by atoms with E-state index in [4.69, 9.17) is 5.26 Å². The number of nitrogens with zero attached hydrogens (tertiary/aromatic N) is 1. The van der Waals surface area contributed by atoms with Crippen LogP contribution < -0.4 is 5.32 Å². The van der Waals surface area contributed by atoms with Crippen molar-refractivity contribution in [2.24, 2.45) is 0 Å². The van der Waals surface area contributed by atoms with E-state index in [1.807, 2.05) is 12.1 Å². The maximum atomic E-state index is 9.04. The number of anilines is 1. The zero-order chi connectivity index (χ0) is 13.0. The summed E-state index contributed by atoms with van der Waals surface area (Å²) < 4.78 is 2.18. The number of nitrogens with one attached hydrogen (secondary N) is 1. The van der Waals surface area contributed by atoms with Crippen molar-refractivity contribution < 1.29 is 0 Å². The third kappa shape index (κ3) is 3.47. The summed E-state index contributed by atoms with van der Waals surface area (Å²) in [5.74, 6) is 0. The number of hydrogen-bond donors (Lipinski definition) is 1. The topological polar surface area (TPSA) is 35.8 Å². The lowest BCUT2D eigenvalue weighted by molar-refractivity contribution is 1.14. The van der Waals surface area contributed by atoms with Crippen LogP contribution in [0.3, 0.4) is 0 Å². The first-order valence-corrected chi connectivity index (χ1v) is 7.24. The second-order valence-electron chi connectivity index (χ2n) is 3.78. The summed E-state index contributed by atoms with van der Waals surface area (Å²) in [6.07, 6.45) is 0. The van der Waals surface area contributed by atoms with Gasteiger partial charge in [0.2, 0.25) is 0 Å². The number of hydrogen-bond acceptors (Lipinski definition) is 2. The summed E-state index contributed by atoms with van der Waals surface area (Å²) in [4.78, 5) is 0. The quantitative estimate of drug-likeness (QED) is 0.751. The minimum Gasteiger partial charge on any atom is -0.380 e. The Morgan fingerprint density at radius 2 is 1.89 bits per heavy atom. The van der Waals surface area contributed by atoms with Gasteiger partial charge in [0.1, 0.15) is 6.07 Å². The fourth-order valence-corrected chi connectivity index (χ4v) is 2.28. The summed E-state index contributed by atoms with van der Waals surface area (Å²) in [7, 11) is 0. The Morgan fingerprint density at radius 1 is 1.17 bits per heavy atom. The number of halogens is 2. The van der Waals surface area contributed by atoms with Gasteiger partial charge in [0, 0.05) is 14.6 Å².